The molecule has 1 aliphatic heterocycles. The van der Waals surface area contributed by atoms with Crippen LogP contribution in [0.4, 0.5) is 0 Å². The van der Waals surface area contributed by atoms with Crippen LogP contribution in [-0.2, 0) is 10.0 Å². The molecule has 1 aromatic carbocycles. The molecule has 1 fully saturated rings. The van der Waals surface area contributed by atoms with Gasteiger partial charge in [0.25, 0.3) is 5.91 Å². The highest BCUT2D eigenvalue weighted by Crippen LogP contribution is 2.36. The van der Waals surface area contributed by atoms with Crippen LogP contribution in [0, 0.1) is 0 Å². The van der Waals surface area contributed by atoms with Crippen molar-refractivity contribution in [1.82, 2.24) is 14.6 Å². The Morgan fingerprint density at radius 1 is 1.17 bits per heavy atom. The van der Waals surface area contributed by atoms with E-state index >= 15 is 0 Å². The largest absolute Gasteiger partial charge is 0.355 e. The van der Waals surface area contributed by atoms with Gasteiger partial charge in [0, 0.05) is 31.5 Å². The van der Waals surface area contributed by atoms with Crippen molar-refractivity contribution < 1.29 is 13.2 Å². The molecule has 0 saturated carbocycles. The predicted octanol–water partition coefficient (Wildman–Crippen LogP) is 1.97. The minimum Gasteiger partial charge on any atom is -0.355 e. The number of nitrogens with one attached hydrogen (secondary N) is 1. The molecule has 0 spiro atoms. The lowest BCUT2D eigenvalue weighted by Crippen LogP contribution is -2.30. The molecule has 3 rings (SSSR count). The summed E-state index contributed by atoms with van der Waals surface area (Å²) in [6.45, 7) is 0.493. The van der Waals surface area contributed by atoms with E-state index in [4.69, 9.17) is 0 Å². The molecule has 1 amide bonds. The minimum absolute atomic E-state index is 0.170. The molecule has 1 atom stereocenters. The van der Waals surface area contributed by atoms with Crippen LogP contribution in [0.3, 0.4) is 0 Å². The summed E-state index contributed by atoms with van der Waals surface area (Å²) in [6, 6.07) is 9.58. The minimum atomic E-state index is -3.60. The standard InChI is InChI=1S/C17H19N3O3S/c1-18-17(21)14-4-6-15(7-5-14)24(22,23)20-12-2-3-16(20)13-8-10-19-11-9-13/h4-11,16H,2-3,12H2,1H3,(H,18,21)/t16-/m1/s1. The van der Waals surface area contributed by atoms with Crippen molar-refractivity contribution >= 4 is 15.9 Å². The molecule has 1 saturated heterocycles. The average Bonchev–Trinajstić information content (AvgIpc) is 3.12. The molecule has 7 heteroatoms. The zero-order valence-electron chi connectivity index (χ0n) is 13.3. The van der Waals surface area contributed by atoms with Gasteiger partial charge in [-0.2, -0.15) is 4.31 Å². The van der Waals surface area contributed by atoms with E-state index in [2.05, 4.69) is 10.3 Å². The van der Waals surface area contributed by atoms with Crippen LogP contribution >= 0.6 is 0 Å². The van der Waals surface area contributed by atoms with Crippen LogP contribution in [-0.4, -0.2) is 37.2 Å². The van der Waals surface area contributed by atoms with Gasteiger partial charge in [-0.25, -0.2) is 8.42 Å². The number of hydrogen-bond acceptors (Lipinski definition) is 4. The fraction of sp³-hybridized carbons (Fsp3) is 0.294. The van der Waals surface area contributed by atoms with Crippen molar-refractivity contribution in [3.05, 3.63) is 59.9 Å². The Morgan fingerprint density at radius 3 is 2.46 bits per heavy atom. The van der Waals surface area contributed by atoms with Crippen LogP contribution < -0.4 is 5.32 Å². The van der Waals surface area contributed by atoms with E-state index in [1.165, 1.54) is 35.6 Å². The van der Waals surface area contributed by atoms with Crippen LogP contribution in [0.2, 0.25) is 0 Å². The van der Waals surface area contributed by atoms with Gasteiger partial charge in [-0.15, -0.1) is 0 Å². The normalized spacial score (nSPS) is 18.5. The molecular formula is C17H19N3O3S. The van der Waals surface area contributed by atoms with E-state index in [9.17, 15) is 13.2 Å². The number of pyridine rings is 1. The zero-order valence-corrected chi connectivity index (χ0v) is 14.2. The Morgan fingerprint density at radius 2 is 1.83 bits per heavy atom. The molecule has 0 bridgehead atoms. The summed E-state index contributed by atoms with van der Waals surface area (Å²) in [5, 5.41) is 2.52. The second-order valence-corrected chi connectivity index (χ2v) is 7.55. The Labute approximate surface area is 141 Å². The van der Waals surface area contributed by atoms with Gasteiger partial charge in [0.2, 0.25) is 10.0 Å². The Balaban J connectivity index is 1.91. The van der Waals surface area contributed by atoms with Crippen LogP contribution in [0.15, 0.2) is 53.7 Å². The highest BCUT2D eigenvalue weighted by molar-refractivity contribution is 7.89. The first kappa shape index (κ1) is 16.6. The fourth-order valence-corrected chi connectivity index (χ4v) is 4.69. The number of nitrogens with zero attached hydrogens (tertiary/aromatic N) is 2. The topological polar surface area (TPSA) is 79.4 Å². The first-order valence-corrected chi connectivity index (χ1v) is 9.22. The number of benzene rings is 1. The van der Waals surface area contributed by atoms with E-state index in [1.807, 2.05) is 12.1 Å². The Kier molecular flexibility index (Phi) is 4.64. The third-order valence-electron chi connectivity index (χ3n) is 4.24. The van der Waals surface area contributed by atoms with Crippen molar-refractivity contribution in [2.24, 2.45) is 0 Å². The number of sulfonamides is 1. The van der Waals surface area contributed by atoms with E-state index in [0.29, 0.717) is 12.1 Å². The maximum Gasteiger partial charge on any atom is 0.251 e. The van der Waals surface area contributed by atoms with Crippen molar-refractivity contribution in [3.8, 4) is 0 Å². The summed E-state index contributed by atoms with van der Waals surface area (Å²) in [6.07, 6.45) is 4.97. The smallest absolute Gasteiger partial charge is 0.251 e. The molecule has 1 N–H and O–H groups in total. The predicted molar refractivity (Wildman–Crippen MR) is 89.9 cm³/mol. The third kappa shape index (κ3) is 3.05. The fourth-order valence-electron chi connectivity index (χ4n) is 3.00. The lowest BCUT2D eigenvalue weighted by Gasteiger charge is -2.24. The van der Waals surface area contributed by atoms with Gasteiger partial charge in [-0.3, -0.25) is 9.78 Å². The first-order chi connectivity index (χ1) is 11.5. The molecule has 0 radical (unpaired) electrons. The molecule has 1 aromatic heterocycles. The molecule has 2 heterocycles. The van der Waals surface area contributed by atoms with Gasteiger partial charge in [0.05, 0.1) is 10.9 Å². The number of aromatic nitrogens is 1. The molecule has 24 heavy (non-hydrogen) atoms. The lowest BCUT2D eigenvalue weighted by atomic mass is 10.1. The summed E-state index contributed by atoms with van der Waals surface area (Å²) in [5.74, 6) is -0.241. The van der Waals surface area contributed by atoms with Crippen molar-refractivity contribution in [2.75, 3.05) is 13.6 Å². The summed E-state index contributed by atoms with van der Waals surface area (Å²) in [5.41, 5.74) is 1.39. The van der Waals surface area contributed by atoms with Crippen LogP contribution in [0.25, 0.3) is 0 Å². The van der Waals surface area contributed by atoms with E-state index in [-0.39, 0.29) is 16.8 Å². The van der Waals surface area contributed by atoms with E-state index in [0.717, 1.165) is 18.4 Å². The van der Waals surface area contributed by atoms with Gasteiger partial charge in [0.1, 0.15) is 0 Å². The first-order valence-electron chi connectivity index (χ1n) is 7.78. The number of hydrogen-bond donors (Lipinski definition) is 1. The van der Waals surface area contributed by atoms with Crippen molar-refractivity contribution in [2.45, 2.75) is 23.8 Å². The molecule has 126 valence electrons. The Hall–Kier alpha value is -2.25. The van der Waals surface area contributed by atoms with Crippen molar-refractivity contribution in [3.63, 3.8) is 0 Å². The van der Waals surface area contributed by atoms with Crippen LogP contribution in [0.1, 0.15) is 34.8 Å². The number of amides is 1. The molecular weight excluding hydrogens is 326 g/mol. The van der Waals surface area contributed by atoms with Crippen LogP contribution in [0.5, 0.6) is 0 Å². The number of rotatable bonds is 4. The van der Waals surface area contributed by atoms with Gasteiger partial charge >= 0.3 is 0 Å². The van der Waals surface area contributed by atoms with Crippen molar-refractivity contribution in [1.29, 1.82) is 0 Å². The average molecular weight is 345 g/mol. The van der Waals surface area contributed by atoms with Gasteiger partial charge < -0.3 is 5.32 Å². The highest BCUT2D eigenvalue weighted by atomic mass is 32.2. The lowest BCUT2D eigenvalue weighted by molar-refractivity contribution is 0.0963. The monoisotopic (exact) mass is 345 g/mol. The zero-order chi connectivity index (χ0) is 17.2. The summed E-state index contributed by atoms with van der Waals surface area (Å²) >= 11 is 0. The molecule has 1 aliphatic rings. The molecule has 2 aromatic rings. The number of carbonyl (C=O) groups excluding carboxylic acids is 1. The summed E-state index contributed by atoms with van der Waals surface area (Å²) < 4.78 is 27.5. The summed E-state index contributed by atoms with van der Waals surface area (Å²) in [4.78, 5) is 15.8. The molecule has 6 nitrogen and oxygen atoms in total. The van der Waals surface area contributed by atoms with E-state index < -0.39 is 10.0 Å². The van der Waals surface area contributed by atoms with Gasteiger partial charge in [0.15, 0.2) is 0 Å². The molecule has 0 aliphatic carbocycles. The maximum atomic E-state index is 13.0. The SMILES string of the molecule is CNC(=O)c1ccc(S(=O)(=O)N2CCC[C@@H]2c2ccncc2)cc1. The van der Waals surface area contributed by atoms with Gasteiger partial charge in [-0.1, -0.05) is 0 Å². The van der Waals surface area contributed by atoms with Gasteiger partial charge in [-0.05, 0) is 54.8 Å². The molecule has 0 unspecified atom stereocenters. The third-order valence-corrected chi connectivity index (χ3v) is 6.17. The Bertz CT molecular complexity index is 820. The quantitative estimate of drug-likeness (QED) is 0.919. The maximum absolute atomic E-state index is 13.0. The second-order valence-electron chi connectivity index (χ2n) is 5.66. The second kappa shape index (κ2) is 6.70. The summed E-state index contributed by atoms with van der Waals surface area (Å²) in [7, 11) is -2.07. The van der Waals surface area contributed by atoms with E-state index in [1.54, 1.807) is 12.4 Å². The number of carbonyl (C=O) groups is 1. The highest BCUT2D eigenvalue weighted by Gasteiger charge is 2.36.